The summed E-state index contributed by atoms with van der Waals surface area (Å²) in [7, 11) is 1.65. The average molecular weight is 339 g/mol. The van der Waals surface area contributed by atoms with Crippen LogP contribution < -0.4 is 10.9 Å². The van der Waals surface area contributed by atoms with Gasteiger partial charge in [-0.15, -0.1) is 0 Å². The standard InChI is InChI=1S/C19H21N3O3/c1-22(10-9-13-5-3-2-4-6-13)19(25)16-11-14(12-20-18(16)24)17(23)21-15-7-8-15/h2-6,11-12,15H,7-10H2,1H3,(H,20,24)(H,21,23). The Morgan fingerprint density at radius 1 is 1.24 bits per heavy atom. The van der Waals surface area contributed by atoms with Gasteiger partial charge in [-0.1, -0.05) is 30.3 Å². The second kappa shape index (κ2) is 7.34. The van der Waals surface area contributed by atoms with E-state index in [1.165, 1.54) is 17.2 Å². The van der Waals surface area contributed by atoms with Gasteiger partial charge >= 0.3 is 0 Å². The molecule has 0 atom stereocenters. The van der Waals surface area contributed by atoms with Gasteiger partial charge in [-0.25, -0.2) is 0 Å². The molecule has 0 bridgehead atoms. The minimum Gasteiger partial charge on any atom is -0.349 e. The van der Waals surface area contributed by atoms with Crippen molar-refractivity contribution in [3.8, 4) is 0 Å². The molecular weight excluding hydrogens is 318 g/mol. The Balaban J connectivity index is 1.69. The van der Waals surface area contributed by atoms with Crippen LogP contribution in [0.3, 0.4) is 0 Å². The van der Waals surface area contributed by atoms with Crippen LogP contribution in [0.2, 0.25) is 0 Å². The number of nitrogens with zero attached hydrogens (tertiary/aromatic N) is 1. The molecule has 6 heteroatoms. The van der Waals surface area contributed by atoms with E-state index in [1.54, 1.807) is 7.05 Å². The lowest BCUT2D eigenvalue weighted by Gasteiger charge is -2.17. The topological polar surface area (TPSA) is 82.3 Å². The third-order valence-corrected chi connectivity index (χ3v) is 4.23. The van der Waals surface area contributed by atoms with Gasteiger partial charge < -0.3 is 15.2 Å². The van der Waals surface area contributed by atoms with Gasteiger partial charge in [0.25, 0.3) is 17.4 Å². The summed E-state index contributed by atoms with van der Waals surface area (Å²) >= 11 is 0. The Morgan fingerprint density at radius 2 is 1.96 bits per heavy atom. The van der Waals surface area contributed by atoms with Crippen molar-refractivity contribution in [3.05, 3.63) is 69.6 Å². The van der Waals surface area contributed by atoms with E-state index in [1.807, 2.05) is 30.3 Å². The molecule has 1 heterocycles. The van der Waals surface area contributed by atoms with E-state index in [9.17, 15) is 14.4 Å². The zero-order valence-electron chi connectivity index (χ0n) is 14.1. The minimum absolute atomic E-state index is 0.0148. The number of carbonyl (C=O) groups is 2. The first-order valence-electron chi connectivity index (χ1n) is 8.37. The molecule has 0 saturated heterocycles. The van der Waals surface area contributed by atoms with Gasteiger partial charge in [0.1, 0.15) is 5.56 Å². The molecule has 0 radical (unpaired) electrons. The van der Waals surface area contributed by atoms with Crippen LogP contribution in [0.15, 0.2) is 47.4 Å². The highest BCUT2D eigenvalue weighted by molar-refractivity contribution is 5.99. The highest BCUT2D eigenvalue weighted by atomic mass is 16.2. The molecule has 1 fully saturated rings. The lowest BCUT2D eigenvalue weighted by molar-refractivity contribution is 0.0795. The predicted molar refractivity (Wildman–Crippen MR) is 94.7 cm³/mol. The van der Waals surface area contributed by atoms with Gasteiger partial charge in [0.15, 0.2) is 0 Å². The molecule has 2 N–H and O–H groups in total. The van der Waals surface area contributed by atoms with Crippen LogP contribution in [0.4, 0.5) is 0 Å². The Bertz CT molecular complexity index is 825. The molecule has 1 aromatic carbocycles. The van der Waals surface area contributed by atoms with Crippen LogP contribution in [-0.4, -0.2) is 41.3 Å². The normalized spacial score (nSPS) is 13.3. The first-order valence-corrected chi connectivity index (χ1v) is 8.37. The molecule has 3 rings (SSSR count). The molecular formula is C19H21N3O3. The fourth-order valence-corrected chi connectivity index (χ4v) is 2.52. The van der Waals surface area contributed by atoms with E-state index in [0.717, 1.165) is 18.4 Å². The van der Waals surface area contributed by atoms with E-state index < -0.39 is 11.5 Å². The van der Waals surface area contributed by atoms with E-state index in [-0.39, 0.29) is 17.5 Å². The SMILES string of the molecule is CN(CCc1ccccc1)C(=O)c1cc(C(=O)NC2CC2)c[nH]c1=O. The molecule has 25 heavy (non-hydrogen) atoms. The van der Waals surface area contributed by atoms with Crippen molar-refractivity contribution < 1.29 is 9.59 Å². The van der Waals surface area contributed by atoms with Gasteiger partial charge in [0.05, 0.1) is 5.56 Å². The zero-order valence-corrected chi connectivity index (χ0v) is 14.1. The van der Waals surface area contributed by atoms with E-state index in [2.05, 4.69) is 10.3 Å². The molecule has 0 spiro atoms. The lowest BCUT2D eigenvalue weighted by atomic mass is 10.1. The number of pyridine rings is 1. The Labute approximate surface area is 145 Å². The van der Waals surface area contributed by atoms with E-state index in [0.29, 0.717) is 18.5 Å². The molecule has 1 aliphatic carbocycles. The summed E-state index contributed by atoms with van der Waals surface area (Å²) in [4.78, 5) is 40.7. The highest BCUT2D eigenvalue weighted by Crippen LogP contribution is 2.19. The zero-order chi connectivity index (χ0) is 17.8. The summed E-state index contributed by atoms with van der Waals surface area (Å²) in [6.07, 6.45) is 4.00. The maximum atomic E-state index is 12.6. The molecule has 0 aliphatic heterocycles. The molecule has 1 saturated carbocycles. The maximum absolute atomic E-state index is 12.6. The van der Waals surface area contributed by atoms with Crippen molar-refractivity contribution in [2.24, 2.45) is 0 Å². The Morgan fingerprint density at radius 3 is 2.64 bits per heavy atom. The van der Waals surface area contributed by atoms with Crippen molar-refractivity contribution >= 4 is 11.8 Å². The van der Waals surface area contributed by atoms with E-state index >= 15 is 0 Å². The predicted octanol–water partition coefficient (Wildman–Crippen LogP) is 1.58. The number of hydrogen-bond acceptors (Lipinski definition) is 3. The smallest absolute Gasteiger partial charge is 0.260 e. The van der Waals surface area contributed by atoms with Crippen LogP contribution >= 0.6 is 0 Å². The molecule has 1 aliphatic rings. The van der Waals surface area contributed by atoms with E-state index in [4.69, 9.17) is 0 Å². The lowest BCUT2D eigenvalue weighted by Crippen LogP contribution is -2.34. The summed E-state index contributed by atoms with van der Waals surface area (Å²) < 4.78 is 0. The number of nitrogens with one attached hydrogen (secondary N) is 2. The van der Waals surface area contributed by atoms with Crippen LogP contribution in [0.1, 0.15) is 39.1 Å². The molecule has 130 valence electrons. The monoisotopic (exact) mass is 339 g/mol. The third-order valence-electron chi connectivity index (χ3n) is 4.23. The molecule has 2 aromatic rings. The van der Waals surface area contributed by atoms with Crippen molar-refractivity contribution in [3.63, 3.8) is 0 Å². The number of amides is 2. The molecule has 0 unspecified atom stereocenters. The summed E-state index contributed by atoms with van der Waals surface area (Å²) in [6.45, 7) is 0.487. The van der Waals surface area contributed by atoms with Crippen molar-refractivity contribution in [2.75, 3.05) is 13.6 Å². The highest BCUT2D eigenvalue weighted by Gasteiger charge is 2.25. The number of carbonyl (C=O) groups excluding carboxylic acids is 2. The fraction of sp³-hybridized carbons (Fsp3) is 0.316. The van der Waals surface area contributed by atoms with Crippen LogP contribution in [-0.2, 0) is 6.42 Å². The van der Waals surface area contributed by atoms with Crippen molar-refractivity contribution in [1.29, 1.82) is 0 Å². The second-order valence-electron chi connectivity index (χ2n) is 6.34. The number of aromatic nitrogens is 1. The van der Waals surface area contributed by atoms with Gasteiger partial charge in [-0.2, -0.15) is 0 Å². The van der Waals surface area contributed by atoms with Crippen LogP contribution in [0.5, 0.6) is 0 Å². The van der Waals surface area contributed by atoms with Crippen molar-refractivity contribution in [2.45, 2.75) is 25.3 Å². The first kappa shape index (κ1) is 17.0. The third kappa shape index (κ3) is 4.35. The second-order valence-corrected chi connectivity index (χ2v) is 6.34. The summed E-state index contributed by atoms with van der Waals surface area (Å²) in [6, 6.07) is 11.4. The number of likely N-dealkylation sites (N-methyl/N-ethyl adjacent to an activating group) is 1. The number of hydrogen-bond donors (Lipinski definition) is 2. The maximum Gasteiger partial charge on any atom is 0.260 e. The average Bonchev–Trinajstić information content (AvgIpc) is 3.44. The minimum atomic E-state index is -0.487. The molecule has 6 nitrogen and oxygen atoms in total. The van der Waals surface area contributed by atoms with Crippen LogP contribution in [0.25, 0.3) is 0 Å². The number of benzene rings is 1. The summed E-state index contributed by atoms with van der Waals surface area (Å²) in [5, 5.41) is 2.85. The van der Waals surface area contributed by atoms with Gasteiger partial charge in [0.2, 0.25) is 0 Å². The van der Waals surface area contributed by atoms with Gasteiger partial charge in [0, 0.05) is 25.8 Å². The van der Waals surface area contributed by atoms with Crippen molar-refractivity contribution in [1.82, 2.24) is 15.2 Å². The Hall–Kier alpha value is -2.89. The van der Waals surface area contributed by atoms with Crippen LogP contribution in [0, 0.1) is 0 Å². The summed E-state index contributed by atoms with van der Waals surface area (Å²) in [5.74, 6) is -0.655. The largest absolute Gasteiger partial charge is 0.349 e. The first-order chi connectivity index (χ1) is 12.0. The fourth-order valence-electron chi connectivity index (χ4n) is 2.52. The molecule has 2 amide bonds. The van der Waals surface area contributed by atoms with Gasteiger partial charge in [-0.05, 0) is 30.9 Å². The van der Waals surface area contributed by atoms with Gasteiger partial charge in [-0.3, -0.25) is 14.4 Å². The molecule has 1 aromatic heterocycles. The number of rotatable bonds is 6. The Kier molecular flexibility index (Phi) is 4.97. The number of H-pyrrole nitrogens is 1. The summed E-state index contributed by atoms with van der Waals surface area (Å²) in [5.41, 5.74) is 0.915. The quantitative estimate of drug-likeness (QED) is 0.838. The number of aromatic amines is 1.